The van der Waals surface area contributed by atoms with Crippen LogP contribution in [0.25, 0.3) is 0 Å². The van der Waals surface area contributed by atoms with Gasteiger partial charge >= 0.3 is 0 Å². The van der Waals surface area contributed by atoms with Crippen LogP contribution < -0.4 is 15.6 Å². The second kappa shape index (κ2) is 9.32. The van der Waals surface area contributed by atoms with Gasteiger partial charge in [-0.1, -0.05) is 53.5 Å². The molecule has 0 radical (unpaired) electrons. The molecule has 2 amide bonds. The van der Waals surface area contributed by atoms with Crippen LogP contribution in [0.1, 0.15) is 28.8 Å². The van der Waals surface area contributed by atoms with E-state index in [1.165, 1.54) is 24.3 Å². The van der Waals surface area contributed by atoms with Crippen molar-refractivity contribution in [3.8, 4) is 0 Å². The van der Waals surface area contributed by atoms with Crippen molar-refractivity contribution in [1.82, 2.24) is 10.6 Å². The highest BCUT2D eigenvalue weighted by atomic mass is 35.5. The van der Waals surface area contributed by atoms with Gasteiger partial charge in [0.2, 0.25) is 5.91 Å². The Morgan fingerprint density at radius 1 is 1.00 bits per heavy atom. The van der Waals surface area contributed by atoms with Gasteiger partial charge in [-0.25, -0.2) is 9.40 Å². The highest BCUT2D eigenvalue weighted by Crippen LogP contribution is 2.41. The molecule has 2 aliphatic heterocycles. The van der Waals surface area contributed by atoms with Crippen molar-refractivity contribution in [3.63, 3.8) is 0 Å². The van der Waals surface area contributed by atoms with Crippen LogP contribution >= 0.6 is 23.2 Å². The fourth-order valence-electron chi connectivity index (χ4n) is 4.79. The maximum atomic E-state index is 13.8. The average Bonchev–Trinajstić information content (AvgIpc) is 3.18. The van der Waals surface area contributed by atoms with Crippen LogP contribution in [0.2, 0.25) is 10.0 Å². The summed E-state index contributed by atoms with van der Waals surface area (Å²) >= 11 is 12.1. The van der Waals surface area contributed by atoms with Crippen molar-refractivity contribution in [1.29, 1.82) is 0 Å². The number of halogens is 3. The number of carbonyl (C=O) groups is 2. The lowest BCUT2D eigenvalue weighted by Gasteiger charge is -2.42. The van der Waals surface area contributed by atoms with Gasteiger partial charge in [0.05, 0.1) is 15.7 Å². The number of para-hydroxylation sites is 1. The lowest BCUT2D eigenvalue weighted by Crippen LogP contribution is -2.64. The first kappa shape index (κ1) is 23.3. The lowest BCUT2D eigenvalue weighted by molar-refractivity contribution is -0.126. The third-order valence-electron chi connectivity index (χ3n) is 6.41. The Morgan fingerprint density at radius 3 is 2.40 bits per heavy atom. The number of benzene rings is 3. The van der Waals surface area contributed by atoms with Crippen LogP contribution in [0.15, 0.2) is 77.9 Å². The maximum absolute atomic E-state index is 13.8. The predicted molar refractivity (Wildman–Crippen MR) is 134 cm³/mol. The molecule has 1 saturated heterocycles. The number of nitrogens with one attached hydrogen (secondary N) is 2. The van der Waals surface area contributed by atoms with Gasteiger partial charge in [-0.2, -0.15) is 5.10 Å². The molecule has 3 aromatic carbocycles. The summed E-state index contributed by atoms with van der Waals surface area (Å²) in [6.45, 7) is 1.90. The topological polar surface area (TPSA) is 73.8 Å². The van der Waals surface area contributed by atoms with Gasteiger partial charge in [0.1, 0.15) is 18.0 Å². The van der Waals surface area contributed by atoms with E-state index in [-0.39, 0.29) is 28.2 Å². The smallest absolute Gasteiger partial charge is 0.252 e. The average molecular weight is 511 g/mol. The first-order chi connectivity index (χ1) is 16.8. The summed E-state index contributed by atoms with van der Waals surface area (Å²) < 4.78 is 13.8. The fraction of sp³-hybridized carbons (Fsp3) is 0.192. The van der Waals surface area contributed by atoms with Crippen LogP contribution in [-0.2, 0) is 4.79 Å². The Morgan fingerprint density at radius 2 is 1.71 bits per heavy atom. The Hall–Kier alpha value is -3.42. The molecule has 2 unspecified atom stereocenters. The van der Waals surface area contributed by atoms with E-state index in [4.69, 9.17) is 28.3 Å². The van der Waals surface area contributed by atoms with Gasteiger partial charge in [0.25, 0.3) is 5.91 Å². The van der Waals surface area contributed by atoms with Crippen LogP contribution in [0.4, 0.5) is 10.1 Å². The second-order valence-corrected chi connectivity index (χ2v) is 9.37. The van der Waals surface area contributed by atoms with E-state index in [0.717, 1.165) is 17.0 Å². The number of carbonyl (C=O) groups excluding carboxylic acids is 2. The molecule has 0 bridgehead atoms. The molecule has 4 atom stereocenters. The van der Waals surface area contributed by atoms with Crippen molar-refractivity contribution < 1.29 is 14.0 Å². The molecule has 3 aromatic rings. The second-order valence-electron chi connectivity index (χ2n) is 8.56. The summed E-state index contributed by atoms with van der Waals surface area (Å²) in [5.74, 6) is -1.97. The summed E-state index contributed by atoms with van der Waals surface area (Å²) in [6, 6.07) is 19.1. The summed E-state index contributed by atoms with van der Waals surface area (Å²) in [5, 5.41) is 13.0. The van der Waals surface area contributed by atoms with Crippen LogP contribution in [0, 0.1) is 11.7 Å². The summed E-state index contributed by atoms with van der Waals surface area (Å²) in [7, 11) is 0. The molecule has 9 heteroatoms. The van der Waals surface area contributed by atoms with Crippen LogP contribution in [0.5, 0.6) is 0 Å². The van der Waals surface area contributed by atoms with Crippen LogP contribution in [0.3, 0.4) is 0 Å². The van der Waals surface area contributed by atoms with Gasteiger partial charge in [0.15, 0.2) is 0 Å². The van der Waals surface area contributed by atoms with Gasteiger partial charge in [-0.3, -0.25) is 9.59 Å². The number of hydrazone groups is 1. The minimum absolute atomic E-state index is 0.236. The highest BCUT2D eigenvalue weighted by molar-refractivity contribution is 6.42. The number of anilines is 1. The van der Waals surface area contributed by atoms with Crippen molar-refractivity contribution >= 4 is 46.4 Å². The Balaban J connectivity index is 1.53. The first-order valence-electron chi connectivity index (χ1n) is 11.0. The van der Waals surface area contributed by atoms with Crippen molar-refractivity contribution in [2.24, 2.45) is 11.0 Å². The Kier molecular flexibility index (Phi) is 6.21. The fourth-order valence-corrected chi connectivity index (χ4v) is 5.09. The SMILES string of the molecule is CC1=NN(c2ccccc2)C2NC(=O)[C@@H](NC(=O)c3ccc(Cl)c(Cl)c3)[C@@H](c3ccc(F)cc3)C12. The summed E-state index contributed by atoms with van der Waals surface area (Å²) in [6.07, 6.45) is -0.460. The third-order valence-corrected chi connectivity index (χ3v) is 7.15. The first-order valence-corrected chi connectivity index (χ1v) is 11.8. The van der Waals surface area contributed by atoms with E-state index in [9.17, 15) is 14.0 Å². The molecule has 178 valence electrons. The molecule has 0 spiro atoms. The largest absolute Gasteiger partial charge is 0.340 e. The van der Waals surface area contributed by atoms with Gasteiger partial charge < -0.3 is 10.6 Å². The highest BCUT2D eigenvalue weighted by Gasteiger charge is 2.51. The molecular weight excluding hydrogens is 490 g/mol. The minimum atomic E-state index is -0.926. The van der Waals surface area contributed by atoms with E-state index < -0.39 is 24.0 Å². The van der Waals surface area contributed by atoms with E-state index in [1.807, 2.05) is 37.3 Å². The Bertz CT molecular complexity index is 1320. The van der Waals surface area contributed by atoms with Crippen molar-refractivity contribution in [3.05, 3.63) is 99.8 Å². The number of amides is 2. The van der Waals surface area contributed by atoms with E-state index >= 15 is 0 Å². The molecule has 0 aromatic heterocycles. The van der Waals surface area contributed by atoms with E-state index in [0.29, 0.717) is 5.02 Å². The third kappa shape index (κ3) is 4.37. The zero-order valence-corrected chi connectivity index (χ0v) is 20.1. The van der Waals surface area contributed by atoms with Crippen LogP contribution in [-0.4, -0.2) is 29.7 Å². The normalized spacial score (nSPS) is 23.4. The van der Waals surface area contributed by atoms with E-state index in [2.05, 4.69) is 10.6 Å². The predicted octanol–water partition coefficient (Wildman–Crippen LogP) is 4.98. The van der Waals surface area contributed by atoms with Gasteiger partial charge in [-0.15, -0.1) is 0 Å². The zero-order chi connectivity index (χ0) is 24.7. The van der Waals surface area contributed by atoms with Gasteiger partial charge in [0, 0.05) is 23.1 Å². The maximum Gasteiger partial charge on any atom is 0.252 e. The minimum Gasteiger partial charge on any atom is -0.340 e. The number of nitrogens with zero attached hydrogens (tertiary/aromatic N) is 2. The number of fused-ring (bicyclic) bond motifs is 1. The number of hydrogen-bond acceptors (Lipinski definition) is 4. The van der Waals surface area contributed by atoms with Gasteiger partial charge in [-0.05, 0) is 55.0 Å². The molecule has 6 nitrogen and oxygen atoms in total. The molecule has 2 N–H and O–H groups in total. The molecule has 1 fully saturated rings. The molecular formula is C26H21Cl2FN4O2. The number of hydrogen-bond donors (Lipinski definition) is 2. The molecule has 5 rings (SSSR count). The molecule has 0 saturated carbocycles. The molecule has 2 aliphatic rings. The zero-order valence-electron chi connectivity index (χ0n) is 18.6. The summed E-state index contributed by atoms with van der Waals surface area (Å²) in [4.78, 5) is 26.6. The summed E-state index contributed by atoms with van der Waals surface area (Å²) in [5.41, 5.74) is 2.62. The molecule has 35 heavy (non-hydrogen) atoms. The van der Waals surface area contributed by atoms with Crippen molar-refractivity contribution in [2.75, 3.05) is 5.01 Å². The molecule has 2 heterocycles. The van der Waals surface area contributed by atoms with Crippen molar-refractivity contribution in [2.45, 2.75) is 25.0 Å². The Labute approximate surface area is 211 Å². The standard InChI is InChI=1S/C26H21Cl2FN4O2/c1-14-21-22(15-7-10-17(29)11-8-15)23(30-25(34)16-9-12-19(27)20(28)13-16)26(35)31-24(21)33(32-14)18-5-3-2-4-6-18/h2-13,21-24H,1H3,(H,30,34)(H,31,35)/t21?,22-,23-,24?/m0/s1. The number of rotatable bonds is 4. The number of piperidine rings is 1. The monoisotopic (exact) mass is 510 g/mol. The quantitative estimate of drug-likeness (QED) is 0.519. The van der Waals surface area contributed by atoms with E-state index in [1.54, 1.807) is 23.2 Å². The lowest BCUT2D eigenvalue weighted by atomic mass is 9.74. The molecule has 0 aliphatic carbocycles.